The molecule has 3 aromatic rings. The number of hydrogen-bond donors (Lipinski definition) is 6. The molecule has 26 heteroatoms. The molecular weight excluding hydrogens is 711 g/mol. The van der Waals surface area contributed by atoms with Crippen molar-refractivity contribution >= 4 is 68.9 Å². The monoisotopic (exact) mass is 727 g/mol. The van der Waals surface area contributed by atoms with Gasteiger partial charge in [0.1, 0.15) is 32.6 Å². The largest absolute Gasteiger partial charge is 0.505 e. The van der Waals surface area contributed by atoms with Crippen molar-refractivity contribution in [2.75, 3.05) is 12.4 Å². The molecule has 0 bridgehead atoms. The molecule has 0 spiro atoms. The first kappa shape index (κ1) is 35.8. The van der Waals surface area contributed by atoms with Gasteiger partial charge in [0.05, 0.1) is 22.2 Å². The second-order valence-electron chi connectivity index (χ2n) is 8.42. The fourth-order valence-electron chi connectivity index (χ4n) is 3.25. The molecule has 0 fully saturated rings. The molecule has 0 saturated heterocycles. The van der Waals surface area contributed by atoms with Crippen LogP contribution in [0.1, 0.15) is 0 Å². The van der Waals surface area contributed by atoms with Gasteiger partial charge < -0.3 is 15.3 Å². The maximum atomic E-state index is 12.5. The average molecular weight is 728 g/mol. The second kappa shape index (κ2) is 13.0. The first-order chi connectivity index (χ1) is 21.0. The van der Waals surface area contributed by atoms with Gasteiger partial charge in [-0.15, -0.1) is 20.5 Å². The highest BCUT2D eigenvalue weighted by Gasteiger charge is 2.25. The van der Waals surface area contributed by atoms with E-state index in [0.29, 0.717) is 18.2 Å². The number of nitrogens with zero attached hydrogens (tertiary/aromatic N) is 5. The Labute approximate surface area is 257 Å². The van der Waals surface area contributed by atoms with Crippen molar-refractivity contribution in [3.05, 3.63) is 52.6 Å². The van der Waals surface area contributed by atoms with Gasteiger partial charge in [-0.05, 0) is 30.3 Å². The van der Waals surface area contributed by atoms with Crippen molar-refractivity contribution in [3.8, 4) is 17.2 Å². The van der Waals surface area contributed by atoms with Crippen LogP contribution in [0.5, 0.6) is 17.2 Å². The summed E-state index contributed by atoms with van der Waals surface area (Å²) in [7, 11) is -19.9. The second-order valence-corrected chi connectivity index (χ2v) is 14.4. The lowest BCUT2D eigenvalue weighted by Crippen LogP contribution is -2.16. The minimum Gasteiger partial charge on any atom is -0.505 e. The number of aromatic hydroxyl groups is 3. The summed E-state index contributed by atoms with van der Waals surface area (Å²) in [5.74, 6) is -4.19. The van der Waals surface area contributed by atoms with Crippen LogP contribution in [0.2, 0.25) is 0 Å². The van der Waals surface area contributed by atoms with E-state index in [2.05, 4.69) is 24.6 Å². The zero-order chi connectivity index (χ0) is 34.8. The Morgan fingerprint density at radius 1 is 0.696 bits per heavy atom. The minimum atomic E-state index is -5.24. The number of phenols is 3. The molecule has 46 heavy (non-hydrogen) atoms. The molecule has 0 atom stereocenters. The van der Waals surface area contributed by atoms with Crippen molar-refractivity contribution in [1.29, 1.82) is 0 Å². The topological polar surface area (TPSA) is 360 Å². The van der Waals surface area contributed by atoms with E-state index in [9.17, 15) is 68.2 Å². The van der Waals surface area contributed by atoms with Crippen LogP contribution in [0.4, 0.5) is 28.4 Å². The Hall–Kier alpha value is -4.70. The van der Waals surface area contributed by atoms with Crippen LogP contribution in [0, 0.1) is 10.1 Å². The molecule has 3 rings (SSSR count). The van der Waals surface area contributed by atoms with Gasteiger partial charge in [-0.1, -0.05) is 0 Å². The molecule has 0 aliphatic rings. The highest BCUT2D eigenvalue weighted by atomic mass is 32.3. The van der Waals surface area contributed by atoms with Crippen molar-refractivity contribution in [3.63, 3.8) is 0 Å². The van der Waals surface area contributed by atoms with Crippen LogP contribution in [0.15, 0.2) is 77.6 Å². The van der Waals surface area contributed by atoms with Gasteiger partial charge in [-0.2, -0.15) is 25.3 Å². The van der Waals surface area contributed by atoms with Crippen molar-refractivity contribution in [2.45, 2.75) is 14.7 Å². The molecule has 248 valence electrons. The number of benzene rings is 3. The number of azo groups is 2. The predicted octanol–water partition coefficient (Wildman–Crippen LogP) is 2.63. The van der Waals surface area contributed by atoms with Gasteiger partial charge in [0.15, 0.2) is 27.0 Å². The minimum absolute atomic E-state index is 0.335. The van der Waals surface area contributed by atoms with E-state index in [1.54, 1.807) is 0 Å². The molecule has 0 aliphatic carbocycles. The number of hydrogen-bond acceptors (Lipinski definition) is 18. The molecule has 6 N–H and O–H groups in total. The summed E-state index contributed by atoms with van der Waals surface area (Å²) in [6, 6.07) is 4.53. The van der Waals surface area contributed by atoms with Crippen LogP contribution in [-0.4, -0.2) is 79.9 Å². The van der Waals surface area contributed by atoms with Gasteiger partial charge in [0.25, 0.3) is 25.9 Å². The van der Waals surface area contributed by atoms with Gasteiger partial charge >= 0.3 is 10.4 Å². The molecule has 3 aromatic carbocycles. The summed E-state index contributed by atoms with van der Waals surface area (Å²) in [6.45, 7) is -1.06. The van der Waals surface area contributed by atoms with E-state index < -0.39 is 118 Å². The fourth-order valence-corrected chi connectivity index (χ4v) is 6.10. The van der Waals surface area contributed by atoms with Crippen molar-refractivity contribution < 1.29 is 71.8 Å². The van der Waals surface area contributed by atoms with Crippen LogP contribution < -0.4 is 0 Å². The highest BCUT2D eigenvalue weighted by molar-refractivity contribution is 7.91. The van der Waals surface area contributed by atoms with E-state index in [0.717, 1.165) is 24.3 Å². The Morgan fingerprint density at radius 2 is 1.26 bits per heavy atom. The van der Waals surface area contributed by atoms with Gasteiger partial charge in [-0.25, -0.2) is 12.6 Å². The van der Waals surface area contributed by atoms with Crippen molar-refractivity contribution in [2.24, 2.45) is 20.5 Å². The van der Waals surface area contributed by atoms with Gasteiger partial charge in [0, 0.05) is 12.1 Å². The van der Waals surface area contributed by atoms with Crippen molar-refractivity contribution in [1.82, 2.24) is 0 Å². The molecular formula is C20H17N5O17S4. The molecule has 22 nitrogen and oxygen atoms in total. The highest BCUT2D eigenvalue weighted by Crippen LogP contribution is 2.45. The van der Waals surface area contributed by atoms with Crippen LogP contribution in [-0.2, 0) is 44.7 Å². The SMILES string of the molecule is O=[N+]([O-])c1cc(/N=N/c2ccc(O)c(/N=N/c3ccc(S(=O)(=O)CCOS(=O)(=O)O)cc3S(=O)(=O)O)c2O)c(O)c(S(=O)(=O)O)c1. The Kier molecular flexibility index (Phi) is 10.1. The summed E-state index contributed by atoms with van der Waals surface area (Å²) < 4.78 is 124. The summed E-state index contributed by atoms with van der Waals surface area (Å²) in [4.78, 5) is 6.84. The number of phenolic OH excluding ortho intramolecular Hbond substituents is 3. The third kappa shape index (κ3) is 8.72. The standard InChI is InChI=1S/C20H17N5O17S4/c26-15-4-3-13(22-23-14-7-10(25(29)30)8-17(19(14)27)45(36,37)38)20(28)18(15)24-21-12-2-1-11(9-16(12)44(33,34)35)43(31,32)6-5-42-46(39,40)41/h1-4,7-9,26-28H,5-6H2,(H,33,34,35)(H,36,37,38)(H,39,40,41)/b23-22+,24-21+. The molecule has 0 aliphatic heterocycles. The zero-order valence-electron chi connectivity index (χ0n) is 22.0. The number of non-ortho nitro benzene ring substituents is 1. The number of nitro groups is 1. The molecule has 0 unspecified atom stereocenters. The lowest BCUT2D eigenvalue weighted by molar-refractivity contribution is -0.385. The maximum absolute atomic E-state index is 12.5. The quantitative estimate of drug-likeness (QED) is 0.0675. The number of sulfone groups is 1. The Bertz CT molecular complexity index is 2240. The fraction of sp³-hybridized carbons (Fsp3) is 0.100. The van der Waals surface area contributed by atoms with Crippen LogP contribution in [0.3, 0.4) is 0 Å². The summed E-state index contributed by atoms with van der Waals surface area (Å²) in [6.07, 6.45) is 0. The first-order valence-corrected chi connectivity index (χ1v) is 17.2. The lowest BCUT2D eigenvalue weighted by atomic mass is 10.2. The van der Waals surface area contributed by atoms with Crippen LogP contribution in [0.25, 0.3) is 0 Å². The van der Waals surface area contributed by atoms with E-state index in [1.165, 1.54) is 0 Å². The Morgan fingerprint density at radius 3 is 1.83 bits per heavy atom. The van der Waals surface area contributed by atoms with Crippen LogP contribution >= 0.6 is 0 Å². The van der Waals surface area contributed by atoms with E-state index in [1.807, 2.05) is 0 Å². The molecule has 0 radical (unpaired) electrons. The summed E-state index contributed by atoms with van der Waals surface area (Å²) >= 11 is 0. The van der Waals surface area contributed by atoms with E-state index in [-0.39, 0.29) is 0 Å². The molecule has 0 amide bonds. The third-order valence-electron chi connectivity index (χ3n) is 5.31. The number of nitro benzene ring substituents is 1. The predicted molar refractivity (Wildman–Crippen MR) is 149 cm³/mol. The number of rotatable bonds is 12. The van der Waals surface area contributed by atoms with Gasteiger partial charge in [-0.3, -0.25) is 23.8 Å². The van der Waals surface area contributed by atoms with E-state index in [4.69, 9.17) is 4.55 Å². The summed E-state index contributed by atoms with van der Waals surface area (Å²) in [5.41, 5.74) is -3.99. The first-order valence-electron chi connectivity index (χ1n) is 11.3. The Balaban J connectivity index is 2.04. The molecule has 0 aromatic heterocycles. The smallest absolute Gasteiger partial charge is 0.397 e. The van der Waals surface area contributed by atoms with E-state index >= 15 is 0 Å². The lowest BCUT2D eigenvalue weighted by Gasteiger charge is -2.08. The normalized spacial score (nSPS) is 13.0. The molecule has 0 saturated carbocycles. The average Bonchev–Trinajstić information content (AvgIpc) is 2.91. The maximum Gasteiger partial charge on any atom is 0.397 e. The third-order valence-corrected chi connectivity index (χ3v) is 9.20. The summed E-state index contributed by atoms with van der Waals surface area (Å²) in [5, 5.41) is 55.8. The molecule has 0 heterocycles. The zero-order valence-corrected chi connectivity index (χ0v) is 25.3. The van der Waals surface area contributed by atoms with Gasteiger partial charge in [0.2, 0.25) is 0 Å².